The lowest BCUT2D eigenvalue weighted by Gasteiger charge is -2.23. The normalized spacial score (nSPS) is 12.7. The van der Waals surface area contributed by atoms with Gasteiger partial charge in [-0.15, -0.1) is 0 Å². The van der Waals surface area contributed by atoms with Crippen LogP contribution >= 0.6 is 0 Å². The van der Waals surface area contributed by atoms with Crippen LogP contribution in [0.2, 0.25) is 0 Å². The van der Waals surface area contributed by atoms with Gasteiger partial charge in [0.2, 0.25) is 0 Å². The molecule has 1 N–H and O–H groups in total. The highest BCUT2D eigenvalue weighted by atomic mass is 16.6. The minimum Gasteiger partial charge on any atom is -0.469 e. The fourth-order valence-electron chi connectivity index (χ4n) is 1.38. The van der Waals surface area contributed by atoms with Gasteiger partial charge in [0.1, 0.15) is 5.60 Å². The molecule has 0 rings (SSSR count). The van der Waals surface area contributed by atoms with Crippen molar-refractivity contribution in [1.29, 1.82) is 0 Å². The number of unbranched alkanes of at least 4 members (excludes halogenated alkanes) is 1. The lowest BCUT2D eigenvalue weighted by Crippen LogP contribution is -2.42. The Hall–Kier alpha value is -1.30. The van der Waals surface area contributed by atoms with Gasteiger partial charge in [-0.05, 0) is 27.2 Å². The molecule has 1 amide bonds. The van der Waals surface area contributed by atoms with Crippen LogP contribution in [-0.4, -0.2) is 44.0 Å². The Morgan fingerprint density at radius 2 is 1.90 bits per heavy atom. The first kappa shape index (κ1) is 18.7. The molecule has 0 fully saturated rings. The van der Waals surface area contributed by atoms with Gasteiger partial charge in [0.15, 0.2) is 0 Å². The van der Waals surface area contributed by atoms with Crippen molar-refractivity contribution < 1.29 is 23.8 Å². The van der Waals surface area contributed by atoms with Gasteiger partial charge in [0.25, 0.3) is 0 Å². The molecule has 0 aliphatic heterocycles. The van der Waals surface area contributed by atoms with Crippen LogP contribution in [0.25, 0.3) is 0 Å². The molecule has 0 aromatic carbocycles. The molecule has 6 heteroatoms. The number of nitrogens with one attached hydrogen (secondary N) is 1. The van der Waals surface area contributed by atoms with Crippen LogP contribution in [0.1, 0.15) is 47.0 Å². The van der Waals surface area contributed by atoms with E-state index in [2.05, 4.69) is 17.0 Å². The van der Waals surface area contributed by atoms with E-state index in [1.165, 1.54) is 7.11 Å². The molecule has 1 atom stereocenters. The molecule has 0 aliphatic rings. The quantitative estimate of drug-likeness (QED) is 0.548. The third kappa shape index (κ3) is 10.6. The standard InChI is InChI=1S/C14H27NO5/c1-6-7-8-19-10-11(9-12(16)18-5)15-13(17)20-14(2,3)4/h11H,6-10H2,1-5H3,(H,15,17)/t11-/m1/s1. The Balaban J connectivity index is 4.29. The molecular weight excluding hydrogens is 262 g/mol. The highest BCUT2D eigenvalue weighted by Gasteiger charge is 2.21. The van der Waals surface area contributed by atoms with E-state index in [0.717, 1.165) is 12.8 Å². The number of hydrogen-bond acceptors (Lipinski definition) is 5. The van der Waals surface area contributed by atoms with Gasteiger partial charge >= 0.3 is 12.1 Å². The second-order valence-corrected chi connectivity index (χ2v) is 5.55. The zero-order valence-corrected chi connectivity index (χ0v) is 13.2. The van der Waals surface area contributed by atoms with Crippen LogP contribution in [0.15, 0.2) is 0 Å². The van der Waals surface area contributed by atoms with E-state index in [0.29, 0.717) is 6.61 Å². The number of methoxy groups -OCH3 is 1. The molecule has 0 heterocycles. The number of rotatable bonds is 8. The predicted octanol–water partition coefficient (Wildman–Crippen LogP) is 2.26. The van der Waals surface area contributed by atoms with Gasteiger partial charge in [-0.2, -0.15) is 0 Å². The van der Waals surface area contributed by atoms with E-state index in [1.807, 2.05) is 0 Å². The highest BCUT2D eigenvalue weighted by Crippen LogP contribution is 2.07. The average Bonchev–Trinajstić information content (AvgIpc) is 2.31. The van der Waals surface area contributed by atoms with Crippen LogP contribution in [-0.2, 0) is 19.0 Å². The maximum Gasteiger partial charge on any atom is 0.407 e. The first-order chi connectivity index (χ1) is 9.28. The maximum absolute atomic E-state index is 11.7. The second-order valence-electron chi connectivity index (χ2n) is 5.55. The Morgan fingerprint density at radius 3 is 2.40 bits per heavy atom. The molecule has 0 bridgehead atoms. The summed E-state index contributed by atoms with van der Waals surface area (Å²) in [7, 11) is 1.31. The summed E-state index contributed by atoms with van der Waals surface area (Å²) in [6, 6.07) is -0.450. The van der Waals surface area contributed by atoms with E-state index in [-0.39, 0.29) is 13.0 Å². The molecule has 0 aromatic rings. The number of alkyl carbamates (subject to hydrolysis) is 1. The topological polar surface area (TPSA) is 73.9 Å². The molecule has 118 valence electrons. The van der Waals surface area contributed by atoms with Crippen molar-refractivity contribution in [2.24, 2.45) is 0 Å². The van der Waals surface area contributed by atoms with E-state index in [1.54, 1.807) is 20.8 Å². The van der Waals surface area contributed by atoms with Crippen LogP contribution in [0, 0.1) is 0 Å². The zero-order chi connectivity index (χ0) is 15.6. The Labute approximate surface area is 121 Å². The molecule has 0 unspecified atom stereocenters. The summed E-state index contributed by atoms with van der Waals surface area (Å²) in [4.78, 5) is 23.0. The molecule has 0 aliphatic carbocycles. The molecule has 0 aromatic heterocycles. The van der Waals surface area contributed by atoms with Crippen molar-refractivity contribution in [1.82, 2.24) is 5.32 Å². The van der Waals surface area contributed by atoms with Crippen molar-refractivity contribution in [2.45, 2.75) is 58.6 Å². The van der Waals surface area contributed by atoms with Crippen LogP contribution in [0.4, 0.5) is 4.79 Å². The van der Waals surface area contributed by atoms with Crippen LogP contribution < -0.4 is 5.32 Å². The lowest BCUT2D eigenvalue weighted by molar-refractivity contribution is -0.141. The van der Waals surface area contributed by atoms with Gasteiger partial charge < -0.3 is 19.5 Å². The number of hydrogen-bond donors (Lipinski definition) is 1. The summed E-state index contributed by atoms with van der Waals surface area (Å²) in [6.07, 6.45) is 1.46. The molecule has 0 saturated heterocycles. The predicted molar refractivity (Wildman–Crippen MR) is 75.5 cm³/mol. The third-order valence-electron chi connectivity index (χ3n) is 2.32. The number of carbonyl (C=O) groups excluding carboxylic acids is 2. The van der Waals surface area contributed by atoms with Crippen molar-refractivity contribution in [2.75, 3.05) is 20.3 Å². The number of ether oxygens (including phenoxy) is 3. The minimum atomic E-state index is -0.580. The summed E-state index contributed by atoms with van der Waals surface area (Å²) in [6.45, 7) is 8.26. The minimum absolute atomic E-state index is 0.0574. The van der Waals surface area contributed by atoms with Crippen LogP contribution in [0.5, 0.6) is 0 Å². The molecule has 20 heavy (non-hydrogen) atoms. The van der Waals surface area contributed by atoms with E-state index in [4.69, 9.17) is 9.47 Å². The lowest BCUT2D eigenvalue weighted by atomic mass is 10.2. The molecule has 0 spiro atoms. The smallest absolute Gasteiger partial charge is 0.407 e. The highest BCUT2D eigenvalue weighted by molar-refractivity contribution is 5.72. The van der Waals surface area contributed by atoms with Gasteiger partial charge in [0.05, 0.1) is 26.2 Å². The van der Waals surface area contributed by atoms with Crippen LogP contribution in [0.3, 0.4) is 0 Å². The van der Waals surface area contributed by atoms with Crippen molar-refractivity contribution >= 4 is 12.1 Å². The van der Waals surface area contributed by atoms with Crippen molar-refractivity contribution in [3.05, 3.63) is 0 Å². The zero-order valence-electron chi connectivity index (χ0n) is 13.2. The Morgan fingerprint density at radius 1 is 1.25 bits per heavy atom. The second kappa shape index (κ2) is 9.58. The van der Waals surface area contributed by atoms with Gasteiger partial charge in [-0.3, -0.25) is 4.79 Å². The first-order valence-corrected chi connectivity index (χ1v) is 6.92. The monoisotopic (exact) mass is 289 g/mol. The van der Waals surface area contributed by atoms with Gasteiger partial charge in [-0.25, -0.2) is 4.79 Å². The fourth-order valence-corrected chi connectivity index (χ4v) is 1.38. The van der Waals surface area contributed by atoms with Gasteiger partial charge in [-0.1, -0.05) is 13.3 Å². The van der Waals surface area contributed by atoms with E-state index in [9.17, 15) is 9.59 Å². The summed E-state index contributed by atoms with van der Waals surface area (Å²) < 4.78 is 15.2. The molecular formula is C14H27NO5. The third-order valence-corrected chi connectivity index (χ3v) is 2.32. The molecule has 0 saturated carbocycles. The molecule has 0 radical (unpaired) electrons. The Kier molecular flexibility index (Phi) is 8.96. The summed E-state index contributed by atoms with van der Waals surface area (Å²) in [5.41, 5.74) is -0.580. The summed E-state index contributed by atoms with van der Waals surface area (Å²) in [5.74, 6) is -0.398. The SMILES string of the molecule is CCCCOC[C@@H](CC(=O)OC)NC(=O)OC(C)(C)C. The fraction of sp³-hybridized carbons (Fsp3) is 0.857. The summed E-state index contributed by atoms with van der Waals surface area (Å²) >= 11 is 0. The first-order valence-electron chi connectivity index (χ1n) is 6.92. The molecule has 6 nitrogen and oxygen atoms in total. The average molecular weight is 289 g/mol. The number of carbonyl (C=O) groups is 2. The van der Waals surface area contributed by atoms with E-state index >= 15 is 0 Å². The number of esters is 1. The largest absolute Gasteiger partial charge is 0.469 e. The summed E-state index contributed by atoms with van der Waals surface area (Å²) in [5, 5.41) is 2.63. The maximum atomic E-state index is 11.7. The van der Waals surface area contributed by atoms with Crippen molar-refractivity contribution in [3.63, 3.8) is 0 Å². The Bertz CT molecular complexity index is 298. The van der Waals surface area contributed by atoms with Crippen molar-refractivity contribution in [3.8, 4) is 0 Å². The van der Waals surface area contributed by atoms with E-state index < -0.39 is 23.7 Å². The van der Waals surface area contributed by atoms with Gasteiger partial charge in [0, 0.05) is 6.61 Å². The number of amides is 1.